The molecule has 0 saturated carbocycles. The highest BCUT2D eigenvalue weighted by atomic mass is 16.5. The molecule has 3 nitrogen and oxygen atoms in total. The van der Waals surface area contributed by atoms with Crippen molar-refractivity contribution in [2.24, 2.45) is 0 Å². The minimum atomic E-state index is -0.113. The summed E-state index contributed by atoms with van der Waals surface area (Å²) in [5.74, 6) is 1.81. The van der Waals surface area contributed by atoms with Crippen LogP contribution in [0, 0.1) is 20.8 Å². The third-order valence-electron chi connectivity index (χ3n) is 3.74. The van der Waals surface area contributed by atoms with Crippen molar-refractivity contribution >= 4 is 11.0 Å². The van der Waals surface area contributed by atoms with E-state index in [0.717, 1.165) is 33.7 Å². The van der Waals surface area contributed by atoms with Crippen molar-refractivity contribution < 1.29 is 4.74 Å². The smallest absolute Gasteiger partial charge is 0.153 e. The molecule has 1 atom stereocenters. The van der Waals surface area contributed by atoms with E-state index in [1.807, 2.05) is 19.1 Å². The van der Waals surface area contributed by atoms with Crippen LogP contribution in [-0.2, 0) is 0 Å². The molecule has 0 aliphatic carbocycles. The zero-order chi connectivity index (χ0) is 15.0. The van der Waals surface area contributed by atoms with Gasteiger partial charge in [-0.25, -0.2) is 4.98 Å². The van der Waals surface area contributed by atoms with Crippen molar-refractivity contribution in [3.8, 4) is 5.75 Å². The second-order valence-corrected chi connectivity index (χ2v) is 5.62. The fourth-order valence-electron chi connectivity index (χ4n) is 2.55. The van der Waals surface area contributed by atoms with Crippen LogP contribution in [0.3, 0.4) is 0 Å². The van der Waals surface area contributed by atoms with Crippen LogP contribution in [-0.4, -0.2) is 9.97 Å². The lowest BCUT2D eigenvalue weighted by Crippen LogP contribution is -2.07. The molecule has 0 spiro atoms. The van der Waals surface area contributed by atoms with Crippen LogP contribution in [0.15, 0.2) is 36.4 Å². The summed E-state index contributed by atoms with van der Waals surface area (Å²) in [4.78, 5) is 7.99. The highest BCUT2D eigenvalue weighted by Crippen LogP contribution is 2.28. The Kier molecular flexibility index (Phi) is 3.42. The Morgan fingerprint density at radius 3 is 2.48 bits per heavy atom. The van der Waals surface area contributed by atoms with Crippen LogP contribution in [0.25, 0.3) is 11.0 Å². The molecule has 0 unspecified atom stereocenters. The highest BCUT2D eigenvalue weighted by Gasteiger charge is 2.14. The number of para-hydroxylation sites is 1. The molecule has 1 heterocycles. The lowest BCUT2D eigenvalue weighted by atomic mass is 10.1. The van der Waals surface area contributed by atoms with Crippen LogP contribution in [0.1, 0.15) is 35.5 Å². The van der Waals surface area contributed by atoms with E-state index in [-0.39, 0.29) is 6.10 Å². The highest BCUT2D eigenvalue weighted by molar-refractivity contribution is 5.75. The third kappa shape index (κ3) is 2.64. The number of imidazole rings is 1. The predicted octanol–water partition coefficient (Wildman–Crippen LogP) is 4.63. The molecule has 108 valence electrons. The Hall–Kier alpha value is -2.29. The van der Waals surface area contributed by atoms with Crippen LogP contribution in [0.4, 0.5) is 0 Å². The summed E-state index contributed by atoms with van der Waals surface area (Å²) >= 11 is 0. The number of rotatable bonds is 3. The molecule has 1 N–H and O–H groups in total. The summed E-state index contributed by atoms with van der Waals surface area (Å²) in [5, 5.41) is 0. The van der Waals surface area contributed by atoms with Gasteiger partial charge in [0.15, 0.2) is 6.10 Å². The number of hydrogen-bond acceptors (Lipinski definition) is 2. The monoisotopic (exact) mass is 280 g/mol. The number of nitrogens with zero attached hydrogens (tertiary/aromatic N) is 1. The number of aromatic nitrogens is 2. The molecule has 3 aromatic rings. The summed E-state index contributed by atoms with van der Waals surface area (Å²) in [5.41, 5.74) is 5.55. The van der Waals surface area contributed by atoms with E-state index in [0.29, 0.717) is 0 Å². The van der Waals surface area contributed by atoms with Crippen molar-refractivity contribution in [3.05, 3.63) is 58.9 Å². The number of fused-ring (bicyclic) bond motifs is 1. The molecule has 3 rings (SSSR count). The minimum Gasteiger partial charge on any atom is -0.482 e. The maximum atomic E-state index is 6.13. The summed E-state index contributed by atoms with van der Waals surface area (Å²) in [6.07, 6.45) is -0.113. The molecule has 0 aliphatic heterocycles. The van der Waals surface area contributed by atoms with Gasteiger partial charge in [-0.3, -0.25) is 0 Å². The molecule has 0 aliphatic rings. The fraction of sp³-hybridized carbons (Fsp3) is 0.278. The van der Waals surface area contributed by atoms with E-state index in [1.54, 1.807) is 0 Å². The van der Waals surface area contributed by atoms with Gasteiger partial charge in [0, 0.05) is 0 Å². The van der Waals surface area contributed by atoms with Crippen LogP contribution in [0.5, 0.6) is 5.75 Å². The predicted molar refractivity (Wildman–Crippen MR) is 85.8 cm³/mol. The van der Waals surface area contributed by atoms with Crippen LogP contribution in [0.2, 0.25) is 0 Å². The second kappa shape index (κ2) is 5.24. The topological polar surface area (TPSA) is 37.9 Å². The number of benzene rings is 2. The minimum absolute atomic E-state index is 0.113. The molecule has 0 saturated heterocycles. The van der Waals surface area contributed by atoms with Gasteiger partial charge in [0.05, 0.1) is 11.0 Å². The fourth-order valence-corrected chi connectivity index (χ4v) is 2.55. The van der Waals surface area contributed by atoms with Gasteiger partial charge in [-0.15, -0.1) is 0 Å². The second-order valence-electron chi connectivity index (χ2n) is 5.62. The Morgan fingerprint density at radius 1 is 1.05 bits per heavy atom. The quantitative estimate of drug-likeness (QED) is 0.759. The molecule has 0 amide bonds. The van der Waals surface area contributed by atoms with Crippen LogP contribution >= 0.6 is 0 Å². The molecule has 0 bridgehead atoms. The average molecular weight is 280 g/mol. The van der Waals surface area contributed by atoms with E-state index < -0.39 is 0 Å². The van der Waals surface area contributed by atoms with Gasteiger partial charge >= 0.3 is 0 Å². The number of ether oxygens (including phenoxy) is 1. The maximum absolute atomic E-state index is 6.13. The first-order valence-electron chi connectivity index (χ1n) is 7.24. The zero-order valence-electron chi connectivity index (χ0n) is 12.9. The molecule has 0 radical (unpaired) electrons. The van der Waals surface area contributed by atoms with E-state index in [9.17, 15) is 0 Å². The van der Waals surface area contributed by atoms with Gasteiger partial charge in [0.1, 0.15) is 11.6 Å². The Bertz CT molecular complexity index is 769. The lowest BCUT2D eigenvalue weighted by molar-refractivity contribution is 0.215. The molecule has 2 aromatic carbocycles. The molecule has 0 fully saturated rings. The first-order chi connectivity index (χ1) is 10.0. The Morgan fingerprint density at radius 2 is 1.76 bits per heavy atom. The van der Waals surface area contributed by atoms with Crippen molar-refractivity contribution in [1.29, 1.82) is 0 Å². The normalized spacial score (nSPS) is 12.6. The van der Waals surface area contributed by atoms with Gasteiger partial charge < -0.3 is 9.72 Å². The molecule has 21 heavy (non-hydrogen) atoms. The molecule has 1 aromatic heterocycles. The number of aromatic amines is 1. The summed E-state index contributed by atoms with van der Waals surface area (Å²) < 4.78 is 6.13. The molecule has 3 heteroatoms. The van der Waals surface area contributed by atoms with Gasteiger partial charge in [0.2, 0.25) is 0 Å². The summed E-state index contributed by atoms with van der Waals surface area (Å²) in [6.45, 7) is 8.24. The molecular formula is C18H20N2O. The molecular weight excluding hydrogens is 260 g/mol. The third-order valence-corrected chi connectivity index (χ3v) is 3.74. The number of hydrogen-bond donors (Lipinski definition) is 1. The first kappa shape index (κ1) is 13.7. The van der Waals surface area contributed by atoms with Gasteiger partial charge in [-0.05, 0) is 56.5 Å². The Labute approximate surface area is 125 Å². The van der Waals surface area contributed by atoms with Gasteiger partial charge in [0.25, 0.3) is 0 Å². The number of aryl methyl sites for hydroxylation is 3. The van der Waals surface area contributed by atoms with E-state index in [1.165, 1.54) is 5.56 Å². The lowest BCUT2D eigenvalue weighted by Gasteiger charge is -2.16. The first-order valence-corrected chi connectivity index (χ1v) is 7.24. The zero-order valence-corrected chi connectivity index (χ0v) is 12.9. The standard InChI is InChI=1S/C18H20N2O/c1-11-8-9-15-16(10-11)20-18(19-15)14(4)21-17-12(2)6-5-7-13(17)3/h5-10,14H,1-4H3,(H,19,20)/t14-/m0/s1. The van der Waals surface area contributed by atoms with Crippen molar-refractivity contribution in [2.45, 2.75) is 33.8 Å². The number of nitrogens with one attached hydrogen (secondary N) is 1. The largest absolute Gasteiger partial charge is 0.482 e. The maximum Gasteiger partial charge on any atom is 0.153 e. The van der Waals surface area contributed by atoms with Crippen molar-refractivity contribution in [3.63, 3.8) is 0 Å². The SMILES string of the molecule is Cc1ccc2nc([C@H](C)Oc3c(C)cccc3C)[nH]c2c1. The summed E-state index contributed by atoms with van der Waals surface area (Å²) in [6, 6.07) is 12.4. The van der Waals surface area contributed by atoms with Crippen LogP contribution < -0.4 is 4.74 Å². The average Bonchev–Trinajstić information content (AvgIpc) is 2.86. The van der Waals surface area contributed by atoms with Crippen molar-refractivity contribution in [1.82, 2.24) is 9.97 Å². The summed E-state index contributed by atoms with van der Waals surface area (Å²) in [7, 11) is 0. The number of H-pyrrole nitrogens is 1. The Balaban J connectivity index is 1.91. The van der Waals surface area contributed by atoms with Crippen molar-refractivity contribution in [2.75, 3.05) is 0 Å². The van der Waals surface area contributed by atoms with Gasteiger partial charge in [-0.1, -0.05) is 24.3 Å². The van der Waals surface area contributed by atoms with E-state index in [2.05, 4.69) is 55.0 Å². The van der Waals surface area contributed by atoms with E-state index in [4.69, 9.17) is 4.74 Å². The van der Waals surface area contributed by atoms with Gasteiger partial charge in [-0.2, -0.15) is 0 Å². The van der Waals surface area contributed by atoms with E-state index >= 15 is 0 Å².